The first kappa shape index (κ1) is 66.9. The third kappa shape index (κ3) is 18.3. The Labute approximate surface area is 494 Å². The van der Waals surface area contributed by atoms with Crippen LogP contribution in [0.2, 0.25) is 5.02 Å². The van der Waals surface area contributed by atoms with Gasteiger partial charge < -0.3 is 66.0 Å². The molecule has 4 bridgehead atoms. The van der Waals surface area contributed by atoms with Crippen molar-refractivity contribution in [1.29, 1.82) is 0 Å². The molecule has 456 valence electrons. The van der Waals surface area contributed by atoms with E-state index in [2.05, 4.69) is 59.7 Å². The number of alkyl halides is 1. The van der Waals surface area contributed by atoms with Crippen LogP contribution in [0.4, 0.5) is 40.2 Å². The van der Waals surface area contributed by atoms with E-state index in [-0.39, 0.29) is 54.6 Å². The average molecular weight is 1250 g/mol. The number of methoxy groups -OCH3 is 2. The molecule has 0 radical (unpaired) electrons. The van der Waals surface area contributed by atoms with Gasteiger partial charge in [-0.2, -0.15) is 0 Å². The van der Waals surface area contributed by atoms with Crippen molar-refractivity contribution in [2.24, 2.45) is 17.6 Å². The van der Waals surface area contributed by atoms with E-state index in [4.69, 9.17) is 41.0 Å². The van der Waals surface area contributed by atoms with Crippen LogP contribution in [0.1, 0.15) is 91.5 Å². The predicted molar refractivity (Wildman–Crippen MR) is 308 cm³/mol. The van der Waals surface area contributed by atoms with E-state index >= 15 is 8.78 Å². The van der Waals surface area contributed by atoms with Crippen LogP contribution in [0, 0.1) is 23.5 Å². The molecule has 2 aromatic rings. The number of nitrogens with two attached hydrogens (primary N) is 1. The standard InChI is InChI=1S/C56H75BrClF2N9O14/c1-29(2)47(67-44(70)18-11-10-12-19-62-49(72)31(4)28-57)51(74)64-36(16-14-20-63-52(61)75)50(73)65-37-24-35(60)38(25-34(37)59)66-53(76)82-43-26-45(71)69(7)39-22-33(23-40(79-8)46(39)58)21-30(3)15-13-17-42(80-9)56(78)27-41(81-54(77)68-56)32(5)48-55(43,6)83-48/h13,15,17,22-25,29,32,36,41-43,47-48,78H,4,10-12,14,16,18-21,26-28H2,1-3,5-9H3,(H,62,72)(H,64,74)(H,65,73)(H,66,76)(H,67,70)(H,68,77)(H3,61,63,75)/b17-13+,30-15+/t32-,36+,41+,42-,43+,47+,48+,55+,56+/m1/s1. The molecule has 27 heteroatoms. The number of alkyl carbamates (subject to hydrolysis) is 1. The Hall–Kier alpha value is -6.87. The maximum absolute atomic E-state index is 16.0. The van der Waals surface area contributed by atoms with Gasteiger partial charge in [0, 0.05) is 69.0 Å². The van der Waals surface area contributed by atoms with Gasteiger partial charge in [-0.3, -0.25) is 34.6 Å². The molecule has 2 aromatic carbocycles. The Morgan fingerprint density at radius 3 is 2.30 bits per heavy atom. The van der Waals surface area contributed by atoms with E-state index in [1.165, 1.54) is 26.2 Å². The van der Waals surface area contributed by atoms with Crippen molar-refractivity contribution in [2.45, 2.75) is 140 Å². The molecule has 9 amide bonds. The minimum atomic E-state index is -1.96. The summed E-state index contributed by atoms with van der Waals surface area (Å²) in [6, 6.07) is 1.14. The number of primary amides is 1. The monoisotopic (exact) mass is 1250 g/mol. The van der Waals surface area contributed by atoms with Crippen molar-refractivity contribution in [2.75, 3.05) is 55.2 Å². The normalized spacial score (nSPS) is 24.2. The molecule has 0 saturated carbocycles. The number of epoxide rings is 1. The third-order valence-electron chi connectivity index (χ3n) is 14.5. The molecule has 83 heavy (non-hydrogen) atoms. The molecule has 2 fully saturated rings. The summed E-state index contributed by atoms with van der Waals surface area (Å²) in [4.78, 5) is 106. The summed E-state index contributed by atoms with van der Waals surface area (Å²) < 4.78 is 61.0. The van der Waals surface area contributed by atoms with E-state index in [1.54, 1.807) is 58.1 Å². The first-order chi connectivity index (χ1) is 39.1. The Morgan fingerprint density at radius 2 is 1.66 bits per heavy atom. The zero-order valence-corrected chi connectivity index (χ0v) is 50.0. The number of anilines is 3. The molecule has 9 atom stereocenters. The topological polar surface area (TPSA) is 320 Å². The lowest BCUT2D eigenvalue weighted by Crippen LogP contribution is -2.63. The number of unbranched alkanes of at least 4 members (excludes halogenated alkanes) is 2. The van der Waals surface area contributed by atoms with Crippen molar-refractivity contribution in [3.8, 4) is 5.75 Å². The fraction of sp³-hybridized carbons (Fsp3) is 0.536. The number of nitrogens with one attached hydrogen (secondary N) is 7. The molecule has 0 spiro atoms. The predicted octanol–water partition coefficient (Wildman–Crippen LogP) is 6.29. The Kier molecular flexibility index (Phi) is 24.3. The highest BCUT2D eigenvalue weighted by Crippen LogP contribution is 2.49. The molecule has 0 aliphatic carbocycles. The lowest BCUT2D eigenvalue weighted by molar-refractivity contribution is -0.142. The van der Waals surface area contributed by atoms with E-state index in [1.807, 2.05) is 6.92 Å². The highest BCUT2D eigenvalue weighted by atomic mass is 79.9. The number of ether oxygens (including phenoxy) is 5. The average Bonchev–Trinajstić information content (AvgIpc) is 2.52. The second-order valence-corrected chi connectivity index (χ2v) is 22.1. The summed E-state index contributed by atoms with van der Waals surface area (Å²) >= 11 is 9.96. The fourth-order valence-electron chi connectivity index (χ4n) is 9.64. The van der Waals surface area contributed by atoms with Crippen molar-refractivity contribution in [3.05, 3.63) is 82.4 Å². The smallest absolute Gasteiger partial charge is 0.412 e. The van der Waals surface area contributed by atoms with Crippen LogP contribution in [-0.2, 0) is 49.3 Å². The number of halogens is 4. The van der Waals surface area contributed by atoms with Gasteiger partial charge in [-0.15, -0.1) is 0 Å². The van der Waals surface area contributed by atoms with Crippen molar-refractivity contribution in [3.63, 3.8) is 0 Å². The third-order valence-corrected chi connectivity index (χ3v) is 15.5. The number of hydrogen-bond acceptors (Lipinski definition) is 14. The summed E-state index contributed by atoms with van der Waals surface area (Å²) in [6.07, 6.45) is -0.497. The Bertz CT molecular complexity index is 2830. The van der Waals surface area contributed by atoms with E-state index in [9.17, 15) is 43.5 Å². The van der Waals surface area contributed by atoms with Crippen molar-refractivity contribution in [1.82, 2.24) is 26.6 Å². The van der Waals surface area contributed by atoms with Crippen LogP contribution in [0.25, 0.3) is 0 Å². The lowest BCUT2D eigenvalue weighted by Gasteiger charge is -2.42. The molecule has 3 aliphatic heterocycles. The maximum Gasteiger partial charge on any atom is 0.412 e. The lowest BCUT2D eigenvalue weighted by atomic mass is 9.83. The summed E-state index contributed by atoms with van der Waals surface area (Å²) in [7, 11) is 4.23. The van der Waals surface area contributed by atoms with Gasteiger partial charge in [0.05, 0.1) is 36.7 Å². The van der Waals surface area contributed by atoms with E-state index < -0.39 is 131 Å². The van der Waals surface area contributed by atoms with Crippen molar-refractivity contribution < 1.29 is 75.9 Å². The molecule has 0 aromatic heterocycles. The van der Waals surface area contributed by atoms with Crippen LogP contribution >= 0.6 is 27.5 Å². The first-order valence-electron chi connectivity index (χ1n) is 27.0. The minimum absolute atomic E-state index is 0.0230. The molecule has 3 aliphatic rings. The van der Waals surface area contributed by atoms with Gasteiger partial charge in [0.1, 0.15) is 58.4 Å². The number of nitrogens with zero attached hydrogens (tertiary/aromatic N) is 1. The van der Waals surface area contributed by atoms with Crippen LogP contribution < -0.4 is 52.6 Å². The number of urea groups is 1. The second-order valence-electron chi connectivity index (χ2n) is 21.2. The van der Waals surface area contributed by atoms with Gasteiger partial charge in [-0.1, -0.05) is 85.1 Å². The van der Waals surface area contributed by atoms with Crippen LogP contribution in [0.5, 0.6) is 5.75 Å². The van der Waals surface area contributed by atoms with Gasteiger partial charge in [0.2, 0.25) is 29.5 Å². The largest absolute Gasteiger partial charge is 0.495 e. The van der Waals surface area contributed by atoms with Crippen LogP contribution in [0.3, 0.4) is 0 Å². The molecular formula is C56H75BrClF2N9O14. The molecule has 5 rings (SSSR count). The zero-order valence-electron chi connectivity index (χ0n) is 47.6. The van der Waals surface area contributed by atoms with Gasteiger partial charge in [0.15, 0.2) is 5.72 Å². The first-order valence-corrected chi connectivity index (χ1v) is 28.5. The molecular weight excluding hydrogens is 1180 g/mol. The van der Waals surface area contributed by atoms with Crippen LogP contribution in [0.15, 0.2) is 60.2 Å². The fourth-order valence-corrected chi connectivity index (χ4v) is 10.2. The number of carbonyl (C=O) groups is 8. The minimum Gasteiger partial charge on any atom is -0.495 e. The zero-order chi connectivity index (χ0) is 61.5. The number of rotatable bonds is 22. The number of carbonyl (C=O) groups excluding carboxylic acids is 8. The summed E-state index contributed by atoms with van der Waals surface area (Å²) in [5.41, 5.74) is 2.44. The Morgan fingerprint density at radius 1 is 0.988 bits per heavy atom. The quantitative estimate of drug-likeness (QED) is 0.0271. The van der Waals surface area contributed by atoms with Crippen molar-refractivity contribution >= 4 is 92.3 Å². The number of amides is 9. The SMILES string of the molecule is C=C(CBr)C(=O)NCCCCCC(=O)N[C@H](C(=O)N[C@@H](CCCNC(N)=O)C(=O)Nc1cc(F)c(NC(=O)O[C@H]2CC(=O)N(C)c3cc(cc(OC)c3Cl)C/C(C)=C/C=C/[C@@H](OC)[C@@]3(O)C[C@H](OC(=O)N3)[C@@H](C)[C@@H]3O[C@@]23C)cc1F)C(C)C. The summed E-state index contributed by atoms with van der Waals surface area (Å²) in [6.45, 7) is 12.4. The maximum atomic E-state index is 16.0. The summed E-state index contributed by atoms with van der Waals surface area (Å²) in [5.74, 6) is -6.58. The molecule has 0 unspecified atom stereocenters. The van der Waals surface area contributed by atoms with Gasteiger partial charge in [0.25, 0.3) is 0 Å². The summed E-state index contributed by atoms with van der Waals surface area (Å²) in [5, 5.41) is 29.5. The number of benzene rings is 2. The molecule has 23 nitrogen and oxygen atoms in total. The van der Waals surface area contributed by atoms with Gasteiger partial charge in [-0.05, 0) is 69.6 Å². The van der Waals surface area contributed by atoms with Gasteiger partial charge >= 0.3 is 18.2 Å². The number of fused-ring (bicyclic) bond motifs is 5. The number of allylic oxidation sites excluding steroid dienone is 3. The van der Waals surface area contributed by atoms with Gasteiger partial charge in [-0.25, -0.2) is 23.2 Å². The van der Waals surface area contributed by atoms with E-state index in [0.717, 1.165) is 5.57 Å². The van der Waals surface area contributed by atoms with Crippen LogP contribution in [-0.4, -0.2) is 140 Å². The van der Waals surface area contributed by atoms with E-state index in [0.29, 0.717) is 60.8 Å². The molecule has 10 N–H and O–H groups in total. The molecule has 2 saturated heterocycles. The molecule has 3 heterocycles. The highest BCUT2D eigenvalue weighted by Gasteiger charge is 2.64. The number of aliphatic hydroxyl groups is 1. The Balaban J connectivity index is 1.35. The highest BCUT2D eigenvalue weighted by molar-refractivity contribution is 9.09. The number of hydrogen-bond donors (Lipinski definition) is 9. The second kappa shape index (κ2) is 30.1.